The summed E-state index contributed by atoms with van der Waals surface area (Å²) in [5.74, 6) is 1.81. The minimum Gasteiger partial charge on any atom is -0.368 e. The van der Waals surface area contributed by atoms with Crippen molar-refractivity contribution in [3.05, 3.63) is 16.5 Å². The molecule has 0 saturated heterocycles. The molecule has 2 amide bonds. The molecule has 19 heavy (non-hydrogen) atoms. The van der Waals surface area contributed by atoms with E-state index in [1.165, 1.54) is 4.90 Å². The van der Waals surface area contributed by atoms with E-state index < -0.39 is 0 Å². The first kappa shape index (κ1) is 15.7. The predicted molar refractivity (Wildman–Crippen MR) is 79.4 cm³/mol. The molecule has 0 fully saturated rings. The van der Waals surface area contributed by atoms with Gasteiger partial charge in [0, 0.05) is 39.2 Å². The van der Waals surface area contributed by atoms with Crippen LogP contribution in [0.15, 0.2) is 10.7 Å². The van der Waals surface area contributed by atoms with Gasteiger partial charge in [-0.15, -0.1) is 0 Å². The zero-order valence-corrected chi connectivity index (χ0v) is 13.3. The van der Waals surface area contributed by atoms with Crippen molar-refractivity contribution in [1.29, 1.82) is 0 Å². The number of aromatic nitrogens is 2. The molecule has 106 valence electrons. The van der Waals surface area contributed by atoms with E-state index in [0.29, 0.717) is 13.1 Å². The number of nitrogens with one attached hydrogen (secondary N) is 2. The van der Waals surface area contributed by atoms with Gasteiger partial charge in [-0.2, -0.15) is 0 Å². The van der Waals surface area contributed by atoms with Crippen molar-refractivity contribution in [1.82, 2.24) is 20.2 Å². The highest BCUT2D eigenvalue weighted by molar-refractivity contribution is 9.10. The maximum Gasteiger partial charge on any atom is 0.316 e. The normalized spacial score (nSPS) is 10.4. The Bertz CT molecular complexity index is 436. The monoisotopic (exact) mass is 329 g/mol. The minimum absolute atomic E-state index is 0.103. The molecule has 0 radical (unpaired) electrons. The molecule has 0 aliphatic rings. The van der Waals surface area contributed by atoms with Crippen LogP contribution in [0.3, 0.4) is 0 Å². The highest BCUT2D eigenvalue weighted by Gasteiger charge is 2.07. The molecule has 7 heteroatoms. The Labute approximate surface area is 122 Å². The quantitative estimate of drug-likeness (QED) is 0.640. The Morgan fingerprint density at radius 2 is 2.05 bits per heavy atom. The third-order valence-corrected chi connectivity index (χ3v) is 2.75. The molecule has 0 saturated carbocycles. The number of nitrogens with zero attached hydrogens (tertiary/aromatic N) is 3. The second-order valence-electron chi connectivity index (χ2n) is 4.64. The molecule has 6 nitrogen and oxygen atoms in total. The van der Waals surface area contributed by atoms with Crippen molar-refractivity contribution < 1.29 is 4.79 Å². The highest BCUT2D eigenvalue weighted by Crippen LogP contribution is 2.17. The van der Waals surface area contributed by atoms with Crippen molar-refractivity contribution in [2.75, 3.05) is 32.5 Å². The van der Waals surface area contributed by atoms with Gasteiger partial charge in [-0.05, 0) is 15.9 Å². The van der Waals surface area contributed by atoms with Gasteiger partial charge >= 0.3 is 6.03 Å². The highest BCUT2D eigenvalue weighted by atomic mass is 79.9. The Hall–Kier alpha value is -1.37. The van der Waals surface area contributed by atoms with Crippen LogP contribution in [0.25, 0.3) is 0 Å². The summed E-state index contributed by atoms with van der Waals surface area (Å²) in [5, 5.41) is 5.93. The van der Waals surface area contributed by atoms with Crippen LogP contribution in [0.2, 0.25) is 0 Å². The summed E-state index contributed by atoms with van der Waals surface area (Å²) in [4.78, 5) is 21.5. The van der Waals surface area contributed by atoms with E-state index in [-0.39, 0.29) is 11.9 Å². The molecular formula is C12H20BrN5O. The molecule has 0 aliphatic heterocycles. The van der Waals surface area contributed by atoms with E-state index in [4.69, 9.17) is 0 Å². The molecule has 2 N–H and O–H groups in total. The number of hydrogen-bond acceptors (Lipinski definition) is 4. The van der Waals surface area contributed by atoms with Gasteiger partial charge in [-0.3, -0.25) is 0 Å². The van der Waals surface area contributed by atoms with Crippen LogP contribution < -0.4 is 10.6 Å². The van der Waals surface area contributed by atoms with E-state index >= 15 is 0 Å². The first-order valence-electron chi connectivity index (χ1n) is 6.13. The van der Waals surface area contributed by atoms with Gasteiger partial charge in [0.05, 0.1) is 0 Å². The van der Waals surface area contributed by atoms with Crippen LogP contribution >= 0.6 is 15.9 Å². The van der Waals surface area contributed by atoms with Crippen molar-refractivity contribution in [3.8, 4) is 0 Å². The maximum absolute atomic E-state index is 11.3. The summed E-state index contributed by atoms with van der Waals surface area (Å²) in [5.41, 5.74) is 0. The average Bonchev–Trinajstić information content (AvgIpc) is 2.33. The van der Waals surface area contributed by atoms with Crippen molar-refractivity contribution in [2.45, 2.75) is 19.8 Å². The van der Waals surface area contributed by atoms with Gasteiger partial charge in [-0.1, -0.05) is 13.8 Å². The predicted octanol–water partition coefficient (Wildman–Crippen LogP) is 2.05. The van der Waals surface area contributed by atoms with Crippen LogP contribution in [0.1, 0.15) is 25.6 Å². The van der Waals surface area contributed by atoms with Gasteiger partial charge in [0.1, 0.15) is 16.2 Å². The first-order chi connectivity index (χ1) is 8.90. The zero-order chi connectivity index (χ0) is 14.4. The van der Waals surface area contributed by atoms with Crippen molar-refractivity contribution >= 4 is 27.8 Å². The fraction of sp³-hybridized carbons (Fsp3) is 0.583. The van der Waals surface area contributed by atoms with Crippen molar-refractivity contribution in [2.24, 2.45) is 0 Å². The van der Waals surface area contributed by atoms with E-state index in [1.807, 2.05) is 19.9 Å². The lowest BCUT2D eigenvalue weighted by molar-refractivity contribution is 0.218. The van der Waals surface area contributed by atoms with Crippen LogP contribution in [0.5, 0.6) is 0 Å². The van der Waals surface area contributed by atoms with Gasteiger partial charge in [0.2, 0.25) is 0 Å². The number of rotatable bonds is 5. The van der Waals surface area contributed by atoms with E-state index in [2.05, 4.69) is 36.5 Å². The molecule has 0 bridgehead atoms. The summed E-state index contributed by atoms with van der Waals surface area (Å²) in [6, 6.07) is 1.72. The Morgan fingerprint density at radius 3 is 2.63 bits per heavy atom. The number of anilines is 1. The second kappa shape index (κ2) is 7.28. The third kappa shape index (κ3) is 5.42. The van der Waals surface area contributed by atoms with Crippen LogP contribution in [-0.4, -0.2) is 48.1 Å². The van der Waals surface area contributed by atoms with Crippen LogP contribution in [0, 0.1) is 0 Å². The molecule has 1 aromatic rings. The largest absolute Gasteiger partial charge is 0.368 e. The Balaban J connectivity index is 2.47. The molecule has 1 heterocycles. The fourth-order valence-electron chi connectivity index (χ4n) is 1.30. The number of carbonyl (C=O) groups excluding carboxylic acids is 1. The van der Waals surface area contributed by atoms with Gasteiger partial charge in [0.15, 0.2) is 0 Å². The van der Waals surface area contributed by atoms with Crippen LogP contribution in [-0.2, 0) is 0 Å². The number of urea groups is 1. The number of amides is 2. The van der Waals surface area contributed by atoms with Gasteiger partial charge < -0.3 is 15.5 Å². The topological polar surface area (TPSA) is 70.2 Å². The Morgan fingerprint density at radius 1 is 1.37 bits per heavy atom. The molecule has 0 unspecified atom stereocenters. The lowest BCUT2D eigenvalue weighted by Gasteiger charge is -2.13. The number of hydrogen-bond donors (Lipinski definition) is 2. The first-order valence-corrected chi connectivity index (χ1v) is 6.93. The third-order valence-electron chi connectivity index (χ3n) is 2.34. The van der Waals surface area contributed by atoms with E-state index in [1.54, 1.807) is 14.1 Å². The summed E-state index contributed by atoms with van der Waals surface area (Å²) >= 11 is 3.37. The molecule has 0 aliphatic carbocycles. The maximum atomic E-state index is 11.3. The molecule has 0 atom stereocenters. The smallest absolute Gasteiger partial charge is 0.316 e. The number of carbonyl (C=O) groups is 1. The van der Waals surface area contributed by atoms with E-state index in [0.717, 1.165) is 16.2 Å². The minimum atomic E-state index is -0.103. The van der Waals surface area contributed by atoms with Gasteiger partial charge in [-0.25, -0.2) is 14.8 Å². The molecule has 0 spiro atoms. The van der Waals surface area contributed by atoms with Crippen LogP contribution in [0.4, 0.5) is 10.6 Å². The fourth-order valence-corrected chi connectivity index (χ4v) is 1.70. The SMILES string of the molecule is CC(C)c1nc(Br)cc(NCCNC(=O)N(C)C)n1. The molecular weight excluding hydrogens is 310 g/mol. The molecule has 1 rings (SSSR count). The summed E-state index contributed by atoms with van der Waals surface area (Å²) < 4.78 is 0.756. The molecule has 1 aromatic heterocycles. The summed E-state index contributed by atoms with van der Waals surface area (Å²) in [6.07, 6.45) is 0. The summed E-state index contributed by atoms with van der Waals surface area (Å²) in [6.45, 7) is 5.24. The van der Waals surface area contributed by atoms with Crippen molar-refractivity contribution in [3.63, 3.8) is 0 Å². The second-order valence-corrected chi connectivity index (χ2v) is 5.45. The summed E-state index contributed by atoms with van der Waals surface area (Å²) in [7, 11) is 3.42. The van der Waals surface area contributed by atoms with Gasteiger partial charge in [0.25, 0.3) is 0 Å². The lowest BCUT2D eigenvalue weighted by atomic mass is 10.2. The molecule has 0 aromatic carbocycles. The standard InChI is InChI=1S/C12H20BrN5O/c1-8(2)11-16-9(13)7-10(17-11)14-5-6-15-12(19)18(3)4/h7-8H,5-6H2,1-4H3,(H,15,19)(H,14,16,17). The Kier molecular flexibility index (Phi) is 6.01. The zero-order valence-electron chi connectivity index (χ0n) is 11.7. The lowest BCUT2D eigenvalue weighted by Crippen LogP contribution is -2.37. The number of halogens is 1. The van der Waals surface area contributed by atoms with E-state index in [9.17, 15) is 4.79 Å². The average molecular weight is 330 g/mol.